The van der Waals surface area contributed by atoms with Gasteiger partial charge in [-0.15, -0.1) is 0 Å². The maximum atomic E-state index is 13.0. The maximum absolute atomic E-state index is 13.0. The molecule has 1 amide bonds. The molecule has 5 nitrogen and oxygen atoms in total. The lowest BCUT2D eigenvalue weighted by atomic mass is 10.0. The molecule has 2 atom stereocenters. The van der Waals surface area contributed by atoms with E-state index < -0.39 is 0 Å². The summed E-state index contributed by atoms with van der Waals surface area (Å²) >= 11 is 0. The molecule has 0 N–H and O–H groups in total. The van der Waals surface area contributed by atoms with Crippen LogP contribution in [0, 0.1) is 11.3 Å². The van der Waals surface area contributed by atoms with Crippen LogP contribution in [0.15, 0.2) is 42.5 Å². The van der Waals surface area contributed by atoms with Gasteiger partial charge in [-0.25, -0.2) is 0 Å². The summed E-state index contributed by atoms with van der Waals surface area (Å²) in [5.74, 6) is 1.55. The minimum absolute atomic E-state index is 0.0772. The molecule has 0 aromatic heterocycles. The topological polar surface area (TPSA) is 62.6 Å². The number of fused-ring (bicyclic) bond motifs is 1. The number of ether oxygens (including phenoxy) is 2. The number of hydrogen-bond acceptors (Lipinski definition) is 4. The van der Waals surface area contributed by atoms with E-state index in [-0.39, 0.29) is 18.1 Å². The van der Waals surface area contributed by atoms with E-state index in [1.165, 1.54) is 0 Å². The third kappa shape index (κ3) is 4.65. The lowest BCUT2D eigenvalue weighted by Crippen LogP contribution is -2.32. The number of nitriles is 1. The van der Waals surface area contributed by atoms with E-state index >= 15 is 0 Å². The van der Waals surface area contributed by atoms with Crippen molar-refractivity contribution in [2.45, 2.75) is 46.3 Å². The van der Waals surface area contributed by atoms with Crippen LogP contribution in [0.5, 0.6) is 11.5 Å². The fourth-order valence-corrected chi connectivity index (χ4v) is 3.76. The highest BCUT2D eigenvalue weighted by atomic mass is 16.5. The fraction of sp³-hybridized carbons (Fsp3) is 0.360. The predicted octanol–water partition coefficient (Wildman–Crippen LogP) is 4.90. The van der Waals surface area contributed by atoms with Crippen LogP contribution in [0.25, 0.3) is 6.08 Å². The normalized spacial score (nSPS) is 15.9. The van der Waals surface area contributed by atoms with Crippen molar-refractivity contribution in [3.05, 3.63) is 64.7 Å². The van der Waals surface area contributed by atoms with E-state index in [9.17, 15) is 4.79 Å². The van der Waals surface area contributed by atoms with Crippen molar-refractivity contribution in [2.24, 2.45) is 0 Å². The van der Waals surface area contributed by atoms with Gasteiger partial charge >= 0.3 is 0 Å². The molecular formula is C25H28N2O3. The summed E-state index contributed by atoms with van der Waals surface area (Å²) in [5, 5.41) is 8.98. The average molecular weight is 405 g/mol. The Hall–Kier alpha value is -3.26. The lowest BCUT2D eigenvalue weighted by molar-refractivity contribution is -0.127. The van der Waals surface area contributed by atoms with E-state index in [0.29, 0.717) is 18.7 Å². The second kappa shape index (κ2) is 9.49. The standard InChI is InChI=1S/C25H28N2O3/c1-5-27(18(4)20-9-7-19(16-26)8-10-20)25(28)12-11-21-14-24-22(13-17(3)30-24)15-23(21)29-6-2/h7-12,14-15,17-18H,5-6,13H2,1-4H3/b12-11+. The molecule has 2 aromatic rings. The minimum atomic E-state index is -0.101. The first-order chi connectivity index (χ1) is 14.5. The molecule has 30 heavy (non-hydrogen) atoms. The molecule has 0 aliphatic carbocycles. The Kier molecular flexibility index (Phi) is 6.79. The first-order valence-electron chi connectivity index (χ1n) is 10.4. The van der Waals surface area contributed by atoms with Crippen molar-refractivity contribution >= 4 is 12.0 Å². The summed E-state index contributed by atoms with van der Waals surface area (Å²) in [5.41, 5.74) is 3.57. The van der Waals surface area contributed by atoms with Gasteiger partial charge in [-0.1, -0.05) is 12.1 Å². The number of hydrogen-bond donors (Lipinski definition) is 0. The Morgan fingerprint density at radius 3 is 2.70 bits per heavy atom. The van der Waals surface area contributed by atoms with Crippen LogP contribution < -0.4 is 9.47 Å². The molecule has 0 spiro atoms. The molecule has 0 saturated heterocycles. The van der Waals surface area contributed by atoms with E-state index in [1.807, 2.05) is 52.0 Å². The monoisotopic (exact) mass is 404 g/mol. The molecule has 3 rings (SSSR count). The van der Waals surface area contributed by atoms with Gasteiger partial charge in [0.25, 0.3) is 0 Å². The highest BCUT2D eigenvalue weighted by Gasteiger charge is 2.22. The maximum Gasteiger partial charge on any atom is 0.247 e. The first kappa shape index (κ1) is 21.4. The van der Waals surface area contributed by atoms with Crippen molar-refractivity contribution in [1.82, 2.24) is 4.90 Å². The molecule has 0 bridgehead atoms. The Bertz CT molecular complexity index is 973. The molecule has 1 aliphatic rings. The summed E-state index contributed by atoms with van der Waals surface area (Å²) in [7, 11) is 0. The van der Waals surface area contributed by atoms with Crippen LogP contribution in [0.1, 0.15) is 56.0 Å². The Morgan fingerprint density at radius 2 is 2.07 bits per heavy atom. The fourth-order valence-electron chi connectivity index (χ4n) is 3.76. The Labute approximate surface area is 178 Å². The Balaban J connectivity index is 1.81. The molecular weight excluding hydrogens is 376 g/mol. The zero-order valence-electron chi connectivity index (χ0n) is 18.0. The first-order valence-corrected chi connectivity index (χ1v) is 10.4. The van der Waals surface area contributed by atoms with Crippen molar-refractivity contribution in [1.29, 1.82) is 5.26 Å². The highest BCUT2D eigenvalue weighted by Crippen LogP contribution is 2.35. The smallest absolute Gasteiger partial charge is 0.247 e. The molecule has 2 aromatic carbocycles. The van der Waals surface area contributed by atoms with E-state index in [4.69, 9.17) is 14.7 Å². The summed E-state index contributed by atoms with van der Waals surface area (Å²) in [6.07, 6.45) is 4.41. The van der Waals surface area contributed by atoms with Crippen LogP contribution >= 0.6 is 0 Å². The van der Waals surface area contributed by atoms with Crippen LogP contribution in [0.4, 0.5) is 0 Å². The zero-order chi connectivity index (χ0) is 21.7. The largest absolute Gasteiger partial charge is 0.493 e. The molecule has 2 unspecified atom stereocenters. The number of carbonyl (C=O) groups is 1. The molecule has 156 valence electrons. The second-order valence-electron chi connectivity index (χ2n) is 7.43. The molecule has 5 heteroatoms. The van der Waals surface area contributed by atoms with Gasteiger partial charge in [0.05, 0.1) is 24.3 Å². The molecule has 0 radical (unpaired) electrons. The molecule has 0 fully saturated rings. The average Bonchev–Trinajstić information content (AvgIpc) is 3.11. The molecule has 1 aliphatic heterocycles. The van der Waals surface area contributed by atoms with Gasteiger partial charge in [0.2, 0.25) is 5.91 Å². The van der Waals surface area contributed by atoms with E-state index in [2.05, 4.69) is 6.07 Å². The van der Waals surface area contributed by atoms with Crippen LogP contribution in [-0.2, 0) is 11.2 Å². The van der Waals surface area contributed by atoms with Gasteiger partial charge in [-0.3, -0.25) is 4.79 Å². The number of likely N-dealkylation sites (N-methyl/N-ethyl adjacent to an activating group) is 1. The number of amides is 1. The Morgan fingerprint density at radius 1 is 1.33 bits per heavy atom. The SMILES string of the molecule is CCOc1cc2c(cc1/C=C/C(=O)N(CC)C(C)c1ccc(C#N)cc1)OC(C)C2. The predicted molar refractivity (Wildman–Crippen MR) is 117 cm³/mol. The van der Waals surface area contributed by atoms with Gasteiger partial charge in [-0.05, 0) is 63.6 Å². The number of carbonyl (C=O) groups excluding carboxylic acids is 1. The number of nitrogens with zero attached hydrogens (tertiary/aromatic N) is 2. The minimum Gasteiger partial charge on any atom is -0.493 e. The van der Waals surface area contributed by atoms with Gasteiger partial charge in [0.15, 0.2) is 0 Å². The lowest BCUT2D eigenvalue weighted by Gasteiger charge is -2.27. The van der Waals surface area contributed by atoms with E-state index in [0.717, 1.165) is 34.6 Å². The van der Waals surface area contributed by atoms with Crippen molar-refractivity contribution in [3.63, 3.8) is 0 Å². The quantitative estimate of drug-likeness (QED) is 0.616. The van der Waals surface area contributed by atoms with E-state index in [1.54, 1.807) is 29.2 Å². The number of rotatable bonds is 7. The summed E-state index contributed by atoms with van der Waals surface area (Å²) in [6.45, 7) is 9.08. The number of benzene rings is 2. The van der Waals surface area contributed by atoms with Crippen LogP contribution in [0.3, 0.4) is 0 Å². The van der Waals surface area contributed by atoms with Crippen LogP contribution in [0.2, 0.25) is 0 Å². The van der Waals surface area contributed by atoms with Crippen LogP contribution in [-0.4, -0.2) is 30.1 Å². The van der Waals surface area contributed by atoms with Crippen molar-refractivity contribution < 1.29 is 14.3 Å². The molecule has 1 heterocycles. The summed E-state index contributed by atoms with van der Waals surface area (Å²) < 4.78 is 11.7. The van der Waals surface area contributed by atoms with Gasteiger partial charge in [0.1, 0.15) is 17.6 Å². The third-order valence-electron chi connectivity index (χ3n) is 5.35. The summed E-state index contributed by atoms with van der Waals surface area (Å²) in [6, 6.07) is 13.3. The van der Waals surface area contributed by atoms with Crippen molar-refractivity contribution in [3.8, 4) is 17.6 Å². The highest BCUT2D eigenvalue weighted by molar-refractivity contribution is 5.92. The van der Waals surface area contributed by atoms with Gasteiger partial charge < -0.3 is 14.4 Å². The van der Waals surface area contributed by atoms with Gasteiger partial charge in [0, 0.05) is 30.2 Å². The molecule has 0 saturated carbocycles. The van der Waals surface area contributed by atoms with Crippen molar-refractivity contribution in [2.75, 3.05) is 13.2 Å². The van der Waals surface area contributed by atoms with Gasteiger partial charge in [-0.2, -0.15) is 5.26 Å². The third-order valence-corrected chi connectivity index (χ3v) is 5.35. The summed E-state index contributed by atoms with van der Waals surface area (Å²) in [4.78, 5) is 14.8. The second-order valence-corrected chi connectivity index (χ2v) is 7.43. The zero-order valence-corrected chi connectivity index (χ0v) is 18.0.